The second-order valence-electron chi connectivity index (χ2n) is 4.57. The van der Waals surface area contributed by atoms with Crippen molar-refractivity contribution in [3.63, 3.8) is 0 Å². The summed E-state index contributed by atoms with van der Waals surface area (Å²) in [6.07, 6.45) is 0.207. The molecule has 0 fully saturated rings. The van der Waals surface area contributed by atoms with Crippen molar-refractivity contribution >= 4 is 12.1 Å². The van der Waals surface area contributed by atoms with E-state index < -0.39 is 12.1 Å². The van der Waals surface area contributed by atoms with Crippen molar-refractivity contribution in [1.29, 1.82) is 0 Å². The summed E-state index contributed by atoms with van der Waals surface area (Å²) >= 11 is 0. The molecule has 2 aromatic carbocycles. The van der Waals surface area contributed by atoms with Crippen LogP contribution in [0.2, 0.25) is 0 Å². The molecular formula is C17H17NO4. The monoisotopic (exact) mass is 299 g/mol. The Morgan fingerprint density at radius 3 is 2.32 bits per heavy atom. The van der Waals surface area contributed by atoms with Gasteiger partial charge in [-0.1, -0.05) is 30.3 Å². The molecule has 5 nitrogen and oxygen atoms in total. The predicted octanol–water partition coefficient (Wildman–Crippen LogP) is 2.80. The maximum atomic E-state index is 11.7. The third kappa shape index (κ3) is 4.63. The highest BCUT2D eigenvalue weighted by Gasteiger charge is 2.07. The topological polar surface area (TPSA) is 64.6 Å². The number of carbonyl (C=O) groups is 2. The standard InChI is InChI=1S/C17H17NO4/c1-21-16(19)14-7-9-15(10-8-14)22-17(20)18-12-11-13-5-3-2-4-6-13/h2-10H,11-12H2,1H3,(H,18,20). The smallest absolute Gasteiger partial charge is 0.412 e. The molecule has 0 aliphatic heterocycles. The summed E-state index contributed by atoms with van der Waals surface area (Å²) in [7, 11) is 1.31. The molecule has 0 bridgehead atoms. The molecule has 2 aromatic rings. The van der Waals surface area contributed by atoms with Crippen LogP contribution in [0.15, 0.2) is 54.6 Å². The Morgan fingerprint density at radius 1 is 1.00 bits per heavy atom. The zero-order valence-electron chi connectivity index (χ0n) is 12.2. The summed E-state index contributed by atoms with van der Waals surface area (Å²) in [4.78, 5) is 22.9. The van der Waals surface area contributed by atoms with Crippen LogP contribution in [0.4, 0.5) is 4.79 Å². The fourth-order valence-electron chi connectivity index (χ4n) is 1.87. The van der Waals surface area contributed by atoms with Crippen molar-refractivity contribution in [1.82, 2.24) is 5.32 Å². The minimum Gasteiger partial charge on any atom is -0.465 e. The van der Waals surface area contributed by atoms with E-state index in [4.69, 9.17) is 4.74 Å². The van der Waals surface area contributed by atoms with Crippen LogP contribution in [0.1, 0.15) is 15.9 Å². The summed E-state index contributed by atoms with van der Waals surface area (Å²) in [5.74, 6) is -0.0660. The Kier molecular flexibility index (Phi) is 5.54. The number of hydrogen-bond donors (Lipinski definition) is 1. The van der Waals surface area contributed by atoms with E-state index in [1.165, 1.54) is 7.11 Å². The van der Waals surface area contributed by atoms with Gasteiger partial charge in [0.25, 0.3) is 0 Å². The van der Waals surface area contributed by atoms with Crippen LogP contribution in [-0.4, -0.2) is 25.7 Å². The van der Waals surface area contributed by atoms with Crippen molar-refractivity contribution in [3.8, 4) is 5.75 Å². The highest BCUT2D eigenvalue weighted by atomic mass is 16.6. The number of carbonyl (C=O) groups excluding carboxylic acids is 2. The zero-order valence-corrected chi connectivity index (χ0v) is 12.2. The average Bonchev–Trinajstić information content (AvgIpc) is 2.56. The van der Waals surface area contributed by atoms with Gasteiger partial charge in [0, 0.05) is 6.54 Å². The number of amides is 1. The molecular weight excluding hydrogens is 282 g/mol. The maximum absolute atomic E-state index is 11.7. The molecule has 0 saturated carbocycles. The van der Waals surface area contributed by atoms with Crippen LogP contribution in [0.3, 0.4) is 0 Å². The third-order valence-corrected chi connectivity index (χ3v) is 3.01. The Labute approximate surface area is 128 Å². The summed E-state index contributed by atoms with van der Waals surface area (Å²) < 4.78 is 9.71. The average molecular weight is 299 g/mol. The van der Waals surface area contributed by atoms with Gasteiger partial charge in [0.2, 0.25) is 0 Å². The van der Waals surface area contributed by atoms with Gasteiger partial charge in [0.05, 0.1) is 12.7 Å². The quantitative estimate of drug-likeness (QED) is 0.862. The lowest BCUT2D eigenvalue weighted by Crippen LogP contribution is -2.28. The normalized spacial score (nSPS) is 9.86. The molecule has 0 atom stereocenters. The molecule has 0 aromatic heterocycles. The summed E-state index contributed by atoms with van der Waals surface area (Å²) in [5, 5.41) is 2.68. The number of ether oxygens (including phenoxy) is 2. The Balaban J connectivity index is 1.78. The second-order valence-corrected chi connectivity index (χ2v) is 4.57. The Bertz CT molecular complexity index is 623. The maximum Gasteiger partial charge on any atom is 0.412 e. The first-order chi connectivity index (χ1) is 10.7. The van der Waals surface area contributed by atoms with Gasteiger partial charge in [-0.2, -0.15) is 0 Å². The lowest BCUT2D eigenvalue weighted by atomic mass is 10.1. The molecule has 2 rings (SSSR count). The van der Waals surface area contributed by atoms with Gasteiger partial charge in [-0.3, -0.25) is 0 Å². The van der Waals surface area contributed by atoms with E-state index in [0.29, 0.717) is 17.9 Å². The van der Waals surface area contributed by atoms with Crippen LogP contribution in [-0.2, 0) is 11.2 Å². The van der Waals surface area contributed by atoms with Gasteiger partial charge < -0.3 is 14.8 Å². The van der Waals surface area contributed by atoms with Crippen LogP contribution in [0.25, 0.3) is 0 Å². The van der Waals surface area contributed by atoms with Gasteiger partial charge in [0.15, 0.2) is 0 Å². The van der Waals surface area contributed by atoms with Gasteiger partial charge in [0.1, 0.15) is 5.75 Å². The molecule has 1 amide bonds. The van der Waals surface area contributed by atoms with E-state index in [2.05, 4.69) is 10.1 Å². The number of rotatable bonds is 5. The van der Waals surface area contributed by atoms with Crippen LogP contribution >= 0.6 is 0 Å². The van der Waals surface area contributed by atoms with Crippen molar-refractivity contribution in [2.45, 2.75) is 6.42 Å². The Morgan fingerprint density at radius 2 is 1.68 bits per heavy atom. The third-order valence-electron chi connectivity index (χ3n) is 3.01. The van der Waals surface area contributed by atoms with Crippen molar-refractivity contribution in [3.05, 3.63) is 65.7 Å². The van der Waals surface area contributed by atoms with Crippen LogP contribution in [0, 0.1) is 0 Å². The number of hydrogen-bond acceptors (Lipinski definition) is 4. The van der Waals surface area contributed by atoms with Crippen LogP contribution < -0.4 is 10.1 Å². The van der Waals surface area contributed by atoms with Gasteiger partial charge >= 0.3 is 12.1 Å². The highest BCUT2D eigenvalue weighted by molar-refractivity contribution is 5.89. The van der Waals surface area contributed by atoms with E-state index in [1.807, 2.05) is 30.3 Å². The SMILES string of the molecule is COC(=O)c1ccc(OC(=O)NCCc2ccccc2)cc1. The van der Waals surface area contributed by atoms with Crippen LogP contribution in [0.5, 0.6) is 5.75 Å². The molecule has 0 aliphatic rings. The fourth-order valence-corrected chi connectivity index (χ4v) is 1.87. The van der Waals surface area contributed by atoms with E-state index in [1.54, 1.807) is 24.3 Å². The first-order valence-corrected chi connectivity index (χ1v) is 6.87. The minimum atomic E-state index is -0.526. The van der Waals surface area contributed by atoms with E-state index >= 15 is 0 Å². The number of nitrogens with one attached hydrogen (secondary N) is 1. The predicted molar refractivity (Wildman–Crippen MR) is 82.0 cm³/mol. The number of benzene rings is 2. The van der Waals surface area contributed by atoms with Crippen molar-refractivity contribution < 1.29 is 19.1 Å². The molecule has 0 saturated heterocycles. The molecule has 114 valence electrons. The van der Waals surface area contributed by atoms with Gasteiger partial charge in [-0.25, -0.2) is 9.59 Å². The van der Waals surface area contributed by atoms with Gasteiger partial charge in [-0.15, -0.1) is 0 Å². The lowest BCUT2D eigenvalue weighted by Gasteiger charge is -2.07. The molecule has 0 spiro atoms. The molecule has 0 heterocycles. The minimum absolute atomic E-state index is 0.366. The molecule has 0 aliphatic carbocycles. The molecule has 0 unspecified atom stereocenters. The second kappa shape index (κ2) is 7.83. The first kappa shape index (κ1) is 15.6. The number of methoxy groups -OCH3 is 1. The molecule has 1 N–H and O–H groups in total. The van der Waals surface area contributed by atoms with Crippen molar-refractivity contribution in [2.24, 2.45) is 0 Å². The first-order valence-electron chi connectivity index (χ1n) is 6.87. The fraction of sp³-hybridized carbons (Fsp3) is 0.176. The lowest BCUT2D eigenvalue weighted by molar-refractivity contribution is 0.0600. The largest absolute Gasteiger partial charge is 0.465 e. The summed E-state index contributed by atoms with van der Waals surface area (Å²) in [6, 6.07) is 16.0. The molecule has 22 heavy (non-hydrogen) atoms. The summed E-state index contributed by atoms with van der Waals surface area (Å²) in [6.45, 7) is 0.489. The molecule has 0 radical (unpaired) electrons. The summed E-state index contributed by atoms with van der Waals surface area (Å²) in [5.41, 5.74) is 1.55. The van der Waals surface area contributed by atoms with E-state index in [-0.39, 0.29) is 0 Å². The van der Waals surface area contributed by atoms with Crippen molar-refractivity contribution in [2.75, 3.05) is 13.7 Å². The Hall–Kier alpha value is -2.82. The highest BCUT2D eigenvalue weighted by Crippen LogP contribution is 2.13. The van der Waals surface area contributed by atoms with E-state index in [9.17, 15) is 9.59 Å². The molecule has 5 heteroatoms. The van der Waals surface area contributed by atoms with E-state index in [0.717, 1.165) is 12.0 Å². The number of esters is 1. The zero-order chi connectivity index (χ0) is 15.8. The van der Waals surface area contributed by atoms with Gasteiger partial charge in [-0.05, 0) is 36.2 Å².